The van der Waals surface area contributed by atoms with Gasteiger partial charge in [0.15, 0.2) is 5.75 Å². The first-order chi connectivity index (χ1) is 23.2. The molecular formula is C34H29ClF9N3O3. The Kier molecular flexibility index (Phi) is 11.6. The Morgan fingerprint density at radius 2 is 1.42 bits per heavy atom. The van der Waals surface area contributed by atoms with Gasteiger partial charge in [-0.2, -0.15) is 39.5 Å². The number of hydrogen-bond acceptors (Lipinski definition) is 5. The first-order valence-electron chi connectivity index (χ1n) is 14.9. The molecule has 16 heteroatoms. The monoisotopic (exact) mass is 733 g/mol. The molecule has 0 amide bonds. The van der Waals surface area contributed by atoms with Crippen LogP contribution in [0.2, 0.25) is 5.02 Å². The van der Waals surface area contributed by atoms with Gasteiger partial charge in [-0.05, 0) is 64.9 Å². The molecule has 0 atom stereocenters. The lowest BCUT2D eigenvalue weighted by Gasteiger charge is -2.26. The summed E-state index contributed by atoms with van der Waals surface area (Å²) >= 11 is 6.49. The van der Waals surface area contributed by atoms with Gasteiger partial charge in [-0.25, -0.2) is 9.97 Å². The number of anilines is 1. The van der Waals surface area contributed by atoms with Gasteiger partial charge in [-0.1, -0.05) is 49.7 Å². The van der Waals surface area contributed by atoms with Gasteiger partial charge in [0.25, 0.3) is 0 Å². The molecule has 0 fully saturated rings. The zero-order valence-electron chi connectivity index (χ0n) is 26.3. The van der Waals surface area contributed by atoms with Crippen molar-refractivity contribution in [1.82, 2.24) is 9.97 Å². The van der Waals surface area contributed by atoms with E-state index in [2.05, 4.69) is 9.97 Å². The van der Waals surface area contributed by atoms with Crippen LogP contribution in [0.1, 0.15) is 66.0 Å². The fourth-order valence-corrected chi connectivity index (χ4v) is 5.37. The van der Waals surface area contributed by atoms with Crippen LogP contribution in [0, 0.1) is 0 Å². The number of alkyl halides is 9. The van der Waals surface area contributed by atoms with Crippen LogP contribution < -0.4 is 9.64 Å². The Morgan fingerprint density at radius 1 is 0.840 bits per heavy atom. The lowest BCUT2D eigenvalue weighted by Crippen LogP contribution is -2.26. The van der Waals surface area contributed by atoms with Crippen LogP contribution in [0.15, 0.2) is 67.0 Å². The molecule has 0 saturated heterocycles. The maximum absolute atomic E-state index is 14.0. The van der Waals surface area contributed by atoms with Crippen LogP contribution in [-0.4, -0.2) is 27.7 Å². The molecular weight excluding hydrogens is 705 g/mol. The fraction of sp³-hybridized carbons (Fsp3) is 0.324. The molecule has 0 bridgehead atoms. The van der Waals surface area contributed by atoms with E-state index in [0.717, 1.165) is 35.0 Å². The van der Waals surface area contributed by atoms with Crippen molar-refractivity contribution in [2.45, 2.75) is 64.2 Å². The van der Waals surface area contributed by atoms with Crippen molar-refractivity contribution >= 4 is 23.5 Å². The fourth-order valence-electron chi connectivity index (χ4n) is 5.02. The second-order valence-corrected chi connectivity index (χ2v) is 12.0. The third-order valence-corrected chi connectivity index (χ3v) is 7.72. The maximum atomic E-state index is 14.0. The van der Waals surface area contributed by atoms with E-state index < -0.39 is 59.8 Å². The molecule has 4 rings (SSSR count). The molecule has 0 aliphatic carbocycles. The van der Waals surface area contributed by atoms with Crippen molar-refractivity contribution in [3.05, 3.63) is 105 Å². The Balaban J connectivity index is 1.86. The lowest BCUT2D eigenvalue weighted by atomic mass is 9.93. The summed E-state index contributed by atoms with van der Waals surface area (Å²) in [7, 11) is 0. The first-order valence-corrected chi connectivity index (χ1v) is 15.3. The van der Waals surface area contributed by atoms with Crippen LogP contribution in [0.3, 0.4) is 0 Å². The minimum Gasteiger partial charge on any atom is -0.490 e. The highest BCUT2D eigenvalue weighted by atomic mass is 35.5. The molecule has 50 heavy (non-hydrogen) atoms. The Hall–Kier alpha value is -4.53. The van der Waals surface area contributed by atoms with E-state index >= 15 is 0 Å². The zero-order valence-corrected chi connectivity index (χ0v) is 27.1. The predicted octanol–water partition coefficient (Wildman–Crippen LogP) is 10.4. The summed E-state index contributed by atoms with van der Waals surface area (Å²) in [6.07, 6.45) is -12.9. The van der Waals surface area contributed by atoms with E-state index in [4.69, 9.17) is 21.4 Å². The number of rotatable bonds is 12. The summed E-state index contributed by atoms with van der Waals surface area (Å²) in [6, 6.07) is 9.36. The van der Waals surface area contributed by atoms with Crippen molar-refractivity contribution in [2.24, 2.45) is 0 Å². The van der Waals surface area contributed by atoms with E-state index in [1.54, 1.807) is 18.2 Å². The van der Waals surface area contributed by atoms with Crippen molar-refractivity contribution in [1.29, 1.82) is 0 Å². The molecule has 1 aromatic heterocycles. The third-order valence-electron chi connectivity index (χ3n) is 7.42. The van der Waals surface area contributed by atoms with E-state index in [1.165, 1.54) is 0 Å². The summed E-state index contributed by atoms with van der Waals surface area (Å²) in [5.41, 5.74) is -3.43. The van der Waals surface area contributed by atoms with Gasteiger partial charge >= 0.3 is 24.5 Å². The molecule has 0 spiro atoms. The second kappa shape index (κ2) is 15.2. The molecule has 0 saturated carbocycles. The maximum Gasteiger partial charge on any atom is 0.416 e. The van der Waals surface area contributed by atoms with Gasteiger partial charge in [-0.3, -0.25) is 4.79 Å². The third kappa shape index (κ3) is 10.0. The van der Waals surface area contributed by atoms with Gasteiger partial charge in [0.05, 0.1) is 35.7 Å². The highest BCUT2D eigenvalue weighted by Crippen LogP contribution is 2.41. The van der Waals surface area contributed by atoms with E-state index in [-0.39, 0.29) is 59.3 Å². The number of benzene rings is 3. The summed E-state index contributed by atoms with van der Waals surface area (Å²) < 4.78 is 130. The van der Waals surface area contributed by atoms with Crippen LogP contribution in [0.5, 0.6) is 5.75 Å². The molecule has 3 aromatic carbocycles. The molecule has 0 unspecified atom stereocenters. The minimum absolute atomic E-state index is 0.0186. The smallest absolute Gasteiger partial charge is 0.416 e. The molecule has 0 aliphatic rings. The topological polar surface area (TPSA) is 75.6 Å². The van der Waals surface area contributed by atoms with Gasteiger partial charge in [0, 0.05) is 30.1 Å². The molecule has 0 radical (unpaired) electrons. The van der Waals surface area contributed by atoms with Gasteiger partial charge in [0.2, 0.25) is 5.95 Å². The number of aromatic nitrogens is 2. The van der Waals surface area contributed by atoms with E-state index in [0.29, 0.717) is 17.7 Å². The molecule has 4 aromatic rings. The Bertz CT molecular complexity index is 1780. The zero-order chi connectivity index (χ0) is 37.0. The molecule has 268 valence electrons. The number of hydrogen-bond donors (Lipinski definition) is 1. The van der Waals surface area contributed by atoms with E-state index in [9.17, 15) is 44.3 Å². The summed E-state index contributed by atoms with van der Waals surface area (Å²) in [6.45, 7) is 2.52. The van der Waals surface area contributed by atoms with Crippen molar-refractivity contribution in [2.75, 3.05) is 11.5 Å². The molecule has 6 nitrogen and oxygen atoms in total. The molecule has 1 N–H and O–H groups in total. The molecule has 1 heterocycles. The SMILES string of the molecule is CC(C)c1cccc(-c2c(Cl)cc(C(F)(F)F)cc2CN(Cc2cc(C(F)(F)F)cc(C(F)(F)F)c2)c2ncc(OCCCC(=O)O)cn2)c1. The number of aliphatic carboxylic acids is 1. The highest BCUT2D eigenvalue weighted by molar-refractivity contribution is 6.33. The number of nitrogens with zero attached hydrogens (tertiary/aromatic N) is 3. The van der Waals surface area contributed by atoms with Crippen LogP contribution in [0.4, 0.5) is 45.5 Å². The summed E-state index contributed by atoms with van der Waals surface area (Å²) in [4.78, 5) is 20.1. The number of carboxylic acids is 1. The number of carboxylic acid groups (broad SMARTS) is 1. The first kappa shape index (κ1) is 38.3. The Labute approximate surface area is 285 Å². The normalized spacial score (nSPS) is 12.3. The number of halogens is 10. The molecule has 0 aliphatic heterocycles. The van der Waals surface area contributed by atoms with Gasteiger partial charge in [-0.15, -0.1) is 0 Å². The standard InChI is InChI=1S/C34H29ClF9N3O3/c1-19(2)21-5-3-6-22(11-21)30-23(12-26(14-28(30)35)34(42,43)44)18-47(31-45-15-27(16-46-31)50-8-4-7-29(48)49)17-20-9-24(32(36,37)38)13-25(10-20)33(39,40)41/h3,5-6,9-16,19H,4,7-8,17-18H2,1-2H3,(H,48,49). The Morgan fingerprint density at radius 3 is 1.96 bits per heavy atom. The number of ether oxygens (including phenoxy) is 1. The van der Waals surface area contributed by atoms with Gasteiger partial charge < -0.3 is 14.7 Å². The van der Waals surface area contributed by atoms with Crippen LogP contribution in [-0.2, 0) is 36.4 Å². The largest absolute Gasteiger partial charge is 0.490 e. The van der Waals surface area contributed by atoms with E-state index in [1.807, 2.05) is 19.9 Å². The average Bonchev–Trinajstić information content (AvgIpc) is 3.01. The van der Waals surface area contributed by atoms with Gasteiger partial charge in [0.1, 0.15) is 0 Å². The average molecular weight is 734 g/mol. The lowest BCUT2D eigenvalue weighted by molar-refractivity contribution is -0.143. The van der Waals surface area contributed by atoms with Crippen LogP contribution in [0.25, 0.3) is 11.1 Å². The van der Waals surface area contributed by atoms with Crippen molar-refractivity contribution in [3.8, 4) is 16.9 Å². The summed E-state index contributed by atoms with van der Waals surface area (Å²) in [5.74, 6) is -1.25. The van der Waals surface area contributed by atoms with Crippen molar-refractivity contribution < 1.29 is 54.2 Å². The number of carbonyl (C=O) groups is 1. The second-order valence-electron chi connectivity index (χ2n) is 11.6. The minimum atomic E-state index is -5.15. The van der Waals surface area contributed by atoms with Crippen LogP contribution >= 0.6 is 11.6 Å². The quantitative estimate of drug-likeness (QED) is 0.115. The highest BCUT2D eigenvalue weighted by Gasteiger charge is 2.37. The van der Waals surface area contributed by atoms with Crippen molar-refractivity contribution in [3.63, 3.8) is 0 Å². The predicted molar refractivity (Wildman–Crippen MR) is 167 cm³/mol. The summed E-state index contributed by atoms with van der Waals surface area (Å²) in [5, 5.41) is 8.51.